The summed E-state index contributed by atoms with van der Waals surface area (Å²) >= 11 is 0. The largest absolute Gasteiger partial charge is 0.328 e. The number of hydrogen-bond donors (Lipinski definition) is 0. The zero-order valence-electron chi connectivity index (χ0n) is 13.0. The molecule has 3 aromatic rings. The molecule has 0 spiro atoms. The number of rotatable bonds is 4. The van der Waals surface area contributed by atoms with Gasteiger partial charge in [0.15, 0.2) is 0 Å². The first-order valence-corrected chi connectivity index (χ1v) is 7.14. The molecule has 0 bridgehead atoms. The molecule has 0 N–H and O–H groups in total. The van der Waals surface area contributed by atoms with Crippen molar-refractivity contribution in [2.45, 2.75) is 6.61 Å². The number of aromatic nitrogens is 2. The minimum Gasteiger partial charge on any atom is -0.295 e. The molecule has 5 nitrogen and oxygen atoms in total. The van der Waals surface area contributed by atoms with E-state index in [4.69, 9.17) is 4.84 Å². The first kappa shape index (κ1) is 14.4. The number of benzene rings is 2. The topological polar surface area (TPSA) is 39.4 Å². The van der Waals surface area contributed by atoms with Crippen LogP contribution < -0.4 is 10.8 Å². The average molecular weight is 297 g/mol. The maximum Gasteiger partial charge on any atom is 0.328 e. The summed E-state index contributed by atoms with van der Waals surface area (Å²) in [6.45, 7) is 0.503. The summed E-state index contributed by atoms with van der Waals surface area (Å²) in [4.78, 5) is 17.7. The summed E-state index contributed by atoms with van der Waals surface area (Å²) < 4.78 is 3.29. The normalized spacial score (nSPS) is 11.0. The molecule has 0 saturated heterocycles. The highest BCUT2D eigenvalue weighted by Gasteiger charge is 2.10. The van der Waals surface area contributed by atoms with Gasteiger partial charge in [0.1, 0.15) is 0 Å². The second-order valence-corrected chi connectivity index (χ2v) is 5.33. The lowest BCUT2D eigenvalue weighted by atomic mass is 10.2. The molecule has 1 heterocycles. The highest BCUT2D eigenvalue weighted by molar-refractivity contribution is 5.80. The Labute approximate surface area is 128 Å². The van der Waals surface area contributed by atoms with Crippen molar-refractivity contribution < 1.29 is 4.84 Å². The van der Waals surface area contributed by atoms with Crippen molar-refractivity contribution in [3.8, 4) is 0 Å². The van der Waals surface area contributed by atoms with Crippen molar-refractivity contribution >= 4 is 16.7 Å². The molecule has 114 valence electrons. The Morgan fingerprint density at radius 1 is 1.00 bits per heavy atom. The van der Waals surface area contributed by atoms with Gasteiger partial charge in [0.05, 0.1) is 23.3 Å². The molecule has 0 amide bonds. The molecule has 0 radical (unpaired) electrons. The zero-order valence-corrected chi connectivity index (χ0v) is 13.0. The summed E-state index contributed by atoms with van der Waals surface area (Å²) in [7, 11) is 5.42. The van der Waals surface area contributed by atoms with Gasteiger partial charge in [-0.2, -0.15) is 0 Å². The van der Waals surface area contributed by atoms with Gasteiger partial charge in [-0.25, -0.2) is 4.79 Å². The Hall–Kier alpha value is -2.53. The van der Waals surface area contributed by atoms with Gasteiger partial charge >= 0.3 is 5.69 Å². The zero-order chi connectivity index (χ0) is 15.7. The fraction of sp³-hybridized carbons (Fsp3) is 0.235. The van der Waals surface area contributed by atoms with Gasteiger partial charge < -0.3 is 0 Å². The van der Waals surface area contributed by atoms with E-state index in [1.165, 1.54) is 0 Å². The van der Waals surface area contributed by atoms with Crippen LogP contribution in [0.2, 0.25) is 0 Å². The van der Waals surface area contributed by atoms with E-state index in [1.807, 2.05) is 55.6 Å². The van der Waals surface area contributed by atoms with Crippen LogP contribution in [0.5, 0.6) is 0 Å². The third-order valence-corrected chi connectivity index (χ3v) is 3.89. The lowest BCUT2D eigenvalue weighted by molar-refractivity contribution is 0.108. The smallest absolute Gasteiger partial charge is 0.295 e. The van der Waals surface area contributed by atoms with Crippen LogP contribution in [-0.2, 0) is 25.5 Å². The first-order valence-electron chi connectivity index (χ1n) is 7.14. The van der Waals surface area contributed by atoms with Crippen LogP contribution in [0.15, 0.2) is 53.3 Å². The highest BCUT2D eigenvalue weighted by Crippen LogP contribution is 2.21. The Morgan fingerprint density at radius 3 is 2.41 bits per heavy atom. The van der Waals surface area contributed by atoms with Gasteiger partial charge in [-0.05, 0) is 23.8 Å². The van der Waals surface area contributed by atoms with Gasteiger partial charge in [0.2, 0.25) is 0 Å². The second-order valence-electron chi connectivity index (χ2n) is 5.33. The van der Waals surface area contributed by atoms with E-state index >= 15 is 0 Å². The Balaban J connectivity index is 1.84. The summed E-state index contributed by atoms with van der Waals surface area (Å²) in [5, 5.41) is 1.73. The van der Waals surface area contributed by atoms with E-state index in [9.17, 15) is 4.79 Å². The standard InChI is InChI=1S/C17H19N3O2/c1-18-15-10-9-14(11-16(15)19(2)17(18)21)20(3)22-12-13-7-5-4-6-8-13/h4-11H,12H2,1-3H3. The number of imidazole rings is 1. The molecule has 0 aliphatic heterocycles. The highest BCUT2D eigenvalue weighted by atomic mass is 16.7. The molecule has 0 atom stereocenters. The molecular formula is C17H19N3O2. The van der Waals surface area contributed by atoms with E-state index < -0.39 is 0 Å². The maximum atomic E-state index is 12.0. The van der Waals surface area contributed by atoms with E-state index in [-0.39, 0.29) is 5.69 Å². The van der Waals surface area contributed by atoms with Crippen LogP contribution in [-0.4, -0.2) is 16.2 Å². The molecule has 0 aliphatic carbocycles. The van der Waals surface area contributed by atoms with E-state index in [2.05, 4.69) is 0 Å². The third-order valence-electron chi connectivity index (χ3n) is 3.89. The predicted octanol–water partition coefficient (Wildman–Crippen LogP) is 2.45. The predicted molar refractivity (Wildman–Crippen MR) is 87.8 cm³/mol. The minimum atomic E-state index is -0.0278. The minimum absolute atomic E-state index is 0.0278. The first-order chi connectivity index (χ1) is 10.6. The van der Waals surface area contributed by atoms with Gasteiger partial charge in [-0.1, -0.05) is 30.3 Å². The van der Waals surface area contributed by atoms with Crippen LogP contribution in [0.25, 0.3) is 11.0 Å². The number of fused-ring (bicyclic) bond motifs is 1. The molecule has 1 aromatic heterocycles. The van der Waals surface area contributed by atoms with Crippen molar-refractivity contribution in [1.29, 1.82) is 0 Å². The average Bonchev–Trinajstić information content (AvgIpc) is 2.78. The van der Waals surface area contributed by atoms with Crippen LogP contribution >= 0.6 is 0 Å². The Bertz CT molecular complexity index is 849. The van der Waals surface area contributed by atoms with E-state index in [1.54, 1.807) is 28.3 Å². The summed E-state index contributed by atoms with van der Waals surface area (Å²) in [6.07, 6.45) is 0. The van der Waals surface area contributed by atoms with Gasteiger partial charge in [0.25, 0.3) is 0 Å². The Morgan fingerprint density at radius 2 is 1.68 bits per heavy atom. The van der Waals surface area contributed by atoms with Crippen molar-refractivity contribution in [2.24, 2.45) is 14.1 Å². The van der Waals surface area contributed by atoms with Crippen molar-refractivity contribution in [3.63, 3.8) is 0 Å². The molecule has 5 heteroatoms. The van der Waals surface area contributed by atoms with Crippen molar-refractivity contribution in [2.75, 3.05) is 12.1 Å². The lowest BCUT2D eigenvalue weighted by Gasteiger charge is -2.19. The van der Waals surface area contributed by atoms with Crippen molar-refractivity contribution in [1.82, 2.24) is 9.13 Å². The molecule has 0 saturated carbocycles. The van der Waals surface area contributed by atoms with E-state index in [0.717, 1.165) is 22.3 Å². The number of aryl methyl sites for hydroxylation is 2. The maximum absolute atomic E-state index is 12.0. The quantitative estimate of drug-likeness (QED) is 0.694. The number of hydroxylamine groups is 1. The monoisotopic (exact) mass is 297 g/mol. The van der Waals surface area contributed by atoms with Crippen LogP contribution in [0.3, 0.4) is 0 Å². The molecule has 0 aliphatic rings. The van der Waals surface area contributed by atoms with Crippen LogP contribution in [0.1, 0.15) is 5.56 Å². The summed E-state index contributed by atoms with van der Waals surface area (Å²) in [5.41, 5.74) is 3.79. The van der Waals surface area contributed by atoms with Gasteiger partial charge in [0, 0.05) is 21.1 Å². The van der Waals surface area contributed by atoms with Crippen molar-refractivity contribution in [3.05, 3.63) is 64.6 Å². The molecule has 3 rings (SSSR count). The number of hydrogen-bond acceptors (Lipinski definition) is 3. The third kappa shape index (κ3) is 2.51. The molecular weight excluding hydrogens is 278 g/mol. The van der Waals surface area contributed by atoms with Gasteiger partial charge in [-0.3, -0.25) is 19.0 Å². The lowest BCUT2D eigenvalue weighted by Crippen LogP contribution is -2.19. The molecule has 22 heavy (non-hydrogen) atoms. The van der Waals surface area contributed by atoms with Crippen LogP contribution in [0, 0.1) is 0 Å². The SMILES string of the molecule is CN(OCc1ccccc1)c1ccc2c(c1)n(C)c(=O)n2C. The number of nitrogens with zero attached hydrogens (tertiary/aromatic N) is 3. The summed E-state index contributed by atoms with van der Waals surface area (Å²) in [5.74, 6) is 0. The molecule has 2 aromatic carbocycles. The molecule has 0 fully saturated rings. The van der Waals surface area contributed by atoms with E-state index in [0.29, 0.717) is 6.61 Å². The van der Waals surface area contributed by atoms with Gasteiger partial charge in [-0.15, -0.1) is 0 Å². The number of anilines is 1. The summed E-state index contributed by atoms with van der Waals surface area (Å²) in [6, 6.07) is 15.9. The Kier molecular flexibility index (Phi) is 3.73. The fourth-order valence-corrected chi connectivity index (χ4v) is 2.51. The molecule has 0 unspecified atom stereocenters. The van der Waals surface area contributed by atoms with Crippen LogP contribution in [0.4, 0.5) is 5.69 Å². The second kappa shape index (κ2) is 5.69. The fourth-order valence-electron chi connectivity index (χ4n) is 2.51.